The first-order valence-electron chi connectivity index (χ1n) is 8.10. The Kier molecular flexibility index (Phi) is 5.13. The fraction of sp³-hybridized carbons (Fsp3) is 0.278. The van der Waals surface area contributed by atoms with Crippen LogP contribution in [0.25, 0.3) is 0 Å². The zero-order valence-corrected chi connectivity index (χ0v) is 14.0. The van der Waals surface area contributed by atoms with Crippen LogP contribution < -0.4 is 20.3 Å². The Hall–Kier alpha value is -3.09. The van der Waals surface area contributed by atoms with E-state index in [1.165, 1.54) is 0 Å². The predicted octanol–water partition coefficient (Wildman–Crippen LogP) is 2.54. The van der Waals surface area contributed by atoms with Gasteiger partial charge in [-0.3, -0.25) is 4.79 Å². The SMILES string of the molecule is COc1cc(CNC(=O)Nc2cccc(N3CCCC3=O)c2)ccn1. The van der Waals surface area contributed by atoms with Gasteiger partial charge in [0.15, 0.2) is 0 Å². The first kappa shape index (κ1) is 16.8. The zero-order valence-electron chi connectivity index (χ0n) is 14.0. The van der Waals surface area contributed by atoms with Crippen molar-refractivity contribution >= 4 is 23.3 Å². The molecule has 1 aliphatic heterocycles. The lowest BCUT2D eigenvalue weighted by Gasteiger charge is -2.17. The van der Waals surface area contributed by atoms with E-state index in [0.29, 0.717) is 24.5 Å². The molecule has 1 aliphatic rings. The highest BCUT2D eigenvalue weighted by Crippen LogP contribution is 2.24. The molecule has 3 amide bonds. The zero-order chi connectivity index (χ0) is 17.6. The third-order valence-corrected chi connectivity index (χ3v) is 3.95. The Morgan fingerprint density at radius 3 is 2.96 bits per heavy atom. The summed E-state index contributed by atoms with van der Waals surface area (Å²) in [6.07, 6.45) is 3.07. The molecule has 0 atom stereocenters. The molecule has 1 aromatic carbocycles. The van der Waals surface area contributed by atoms with Gasteiger partial charge in [0, 0.05) is 43.1 Å². The van der Waals surface area contributed by atoms with Crippen molar-refractivity contribution in [3.8, 4) is 5.88 Å². The highest BCUT2D eigenvalue weighted by Gasteiger charge is 2.21. The molecule has 1 saturated heterocycles. The van der Waals surface area contributed by atoms with Crippen molar-refractivity contribution in [3.05, 3.63) is 48.2 Å². The third-order valence-electron chi connectivity index (χ3n) is 3.95. The summed E-state index contributed by atoms with van der Waals surface area (Å²) in [6.45, 7) is 1.08. The Bertz CT molecular complexity index is 778. The number of rotatable bonds is 5. The summed E-state index contributed by atoms with van der Waals surface area (Å²) >= 11 is 0. The van der Waals surface area contributed by atoms with E-state index < -0.39 is 0 Å². The second-order valence-corrected chi connectivity index (χ2v) is 5.71. The van der Waals surface area contributed by atoms with Gasteiger partial charge in [-0.05, 0) is 36.2 Å². The van der Waals surface area contributed by atoms with Gasteiger partial charge in [-0.15, -0.1) is 0 Å². The average molecular weight is 340 g/mol. The number of nitrogens with one attached hydrogen (secondary N) is 2. The van der Waals surface area contributed by atoms with Crippen molar-refractivity contribution in [2.24, 2.45) is 0 Å². The number of pyridine rings is 1. The van der Waals surface area contributed by atoms with Crippen molar-refractivity contribution in [3.63, 3.8) is 0 Å². The van der Waals surface area contributed by atoms with Gasteiger partial charge in [0.2, 0.25) is 11.8 Å². The monoisotopic (exact) mass is 340 g/mol. The third kappa shape index (κ3) is 4.26. The summed E-state index contributed by atoms with van der Waals surface area (Å²) in [5.41, 5.74) is 2.33. The molecular formula is C18H20N4O3. The van der Waals surface area contributed by atoms with Gasteiger partial charge in [-0.1, -0.05) is 6.07 Å². The van der Waals surface area contributed by atoms with Crippen LogP contribution in [0.1, 0.15) is 18.4 Å². The van der Waals surface area contributed by atoms with Gasteiger partial charge >= 0.3 is 6.03 Å². The normalized spacial score (nSPS) is 13.6. The summed E-state index contributed by atoms with van der Waals surface area (Å²) in [7, 11) is 1.55. The highest BCUT2D eigenvalue weighted by molar-refractivity contribution is 5.96. The van der Waals surface area contributed by atoms with E-state index in [2.05, 4.69) is 15.6 Å². The number of methoxy groups -OCH3 is 1. The number of aromatic nitrogens is 1. The molecule has 3 rings (SSSR count). The Balaban J connectivity index is 1.58. The number of ether oxygens (including phenoxy) is 1. The minimum Gasteiger partial charge on any atom is -0.481 e. The summed E-state index contributed by atoms with van der Waals surface area (Å²) < 4.78 is 5.06. The van der Waals surface area contributed by atoms with Crippen molar-refractivity contribution in [2.45, 2.75) is 19.4 Å². The van der Waals surface area contributed by atoms with Crippen molar-refractivity contribution in [2.75, 3.05) is 23.9 Å². The van der Waals surface area contributed by atoms with Crippen LogP contribution in [0.2, 0.25) is 0 Å². The van der Waals surface area contributed by atoms with Crippen molar-refractivity contribution in [1.82, 2.24) is 10.3 Å². The lowest BCUT2D eigenvalue weighted by atomic mass is 10.2. The first-order valence-corrected chi connectivity index (χ1v) is 8.10. The van der Waals surface area contributed by atoms with Crippen LogP contribution in [0, 0.1) is 0 Å². The summed E-state index contributed by atoms with van der Waals surface area (Å²) in [6, 6.07) is 10.5. The summed E-state index contributed by atoms with van der Waals surface area (Å²) in [5, 5.41) is 5.57. The molecule has 1 fully saturated rings. The number of nitrogens with zero attached hydrogens (tertiary/aromatic N) is 2. The van der Waals surface area contributed by atoms with E-state index in [9.17, 15) is 9.59 Å². The van der Waals surface area contributed by atoms with Gasteiger partial charge in [0.25, 0.3) is 0 Å². The van der Waals surface area contributed by atoms with Gasteiger partial charge in [0.05, 0.1) is 7.11 Å². The van der Waals surface area contributed by atoms with Crippen LogP contribution in [-0.4, -0.2) is 30.6 Å². The molecule has 0 spiro atoms. The number of carbonyl (C=O) groups excluding carboxylic acids is 2. The molecule has 0 bridgehead atoms. The second kappa shape index (κ2) is 7.65. The van der Waals surface area contributed by atoms with Crippen molar-refractivity contribution < 1.29 is 14.3 Å². The smallest absolute Gasteiger partial charge is 0.319 e. The molecule has 25 heavy (non-hydrogen) atoms. The molecule has 130 valence electrons. The summed E-state index contributed by atoms with van der Waals surface area (Å²) in [4.78, 5) is 29.7. The van der Waals surface area contributed by atoms with E-state index in [1.807, 2.05) is 18.2 Å². The van der Waals surface area contributed by atoms with Crippen LogP contribution in [-0.2, 0) is 11.3 Å². The number of hydrogen-bond donors (Lipinski definition) is 2. The molecule has 0 unspecified atom stereocenters. The maximum Gasteiger partial charge on any atom is 0.319 e. The van der Waals surface area contributed by atoms with Gasteiger partial charge in [0.1, 0.15) is 0 Å². The quantitative estimate of drug-likeness (QED) is 0.876. The van der Waals surface area contributed by atoms with Gasteiger partial charge in [-0.2, -0.15) is 0 Å². The van der Waals surface area contributed by atoms with Gasteiger partial charge < -0.3 is 20.3 Å². The number of hydrogen-bond acceptors (Lipinski definition) is 4. The van der Waals surface area contributed by atoms with Crippen LogP contribution >= 0.6 is 0 Å². The molecule has 7 nitrogen and oxygen atoms in total. The molecule has 0 radical (unpaired) electrons. The van der Waals surface area contributed by atoms with E-state index in [1.54, 1.807) is 36.4 Å². The van der Waals surface area contributed by atoms with Crippen molar-refractivity contribution in [1.29, 1.82) is 0 Å². The predicted molar refractivity (Wildman–Crippen MR) is 94.7 cm³/mol. The number of urea groups is 1. The maximum atomic E-state index is 12.1. The number of anilines is 2. The fourth-order valence-electron chi connectivity index (χ4n) is 2.70. The first-order chi connectivity index (χ1) is 12.2. The van der Waals surface area contributed by atoms with Crippen LogP contribution in [0.15, 0.2) is 42.6 Å². The minimum atomic E-state index is -0.319. The van der Waals surface area contributed by atoms with E-state index in [0.717, 1.165) is 24.2 Å². The Morgan fingerprint density at radius 1 is 1.32 bits per heavy atom. The molecule has 2 heterocycles. The Morgan fingerprint density at radius 2 is 2.20 bits per heavy atom. The molecule has 0 saturated carbocycles. The molecule has 2 aromatic rings. The van der Waals surface area contributed by atoms with Crippen LogP contribution in [0.3, 0.4) is 0 Å². The second-order valence-electron chi connectivity index (χ2n) is 5.71. The van der Waals surface area contributed by atoms with E-state index >= 15 is 0 Å². The maximum absolute atomic E-state index is 12.1. The number of amides is 3. The molecule has 1 aromatic heterocycles. The Labute approximate surface area is 146 Å². The van der Waals surface area contributed by atoms with Crippen LogP contribution in [0.5, 0.6) is 5.88 Å². The number of carbonyl (C=O) groups is 2. The van der Waals surface area contributed by atoms with E-state index in [4.69, 9.17) is 4.74 Å². The molecular weight excluding hydrogens is 320 g/mol. The lowest BCUT2D eigenvalue weighted by molar-refractivity contribution is -0.117. The molecule has 2 N–H and O–H groups in total. The van der Waals surface area contributed by atoms with Crippen LogP contribution in [0.4, 0.5) is 16.2 Å². The number of benzene rings is 1. The molecule has 0 aliphatic carbocycles. The molecule has 7 heteroatoms. The minimum absolute atomic E-state index is 0.119. The average Bonchev–Trinajstić information content (AvgIpc) is 3.06. The van der Waals surface area contributed by atoms with Gasteiger partial charge in [-0.25, -0.2) is 9.78 Å². The topological polar surface area (TPSA) is 83.6 Å². The standard InChI is InChI=1S/C18H20N4O3/c1-25-16-10-13(7-8-19-16)12-20-18(24)21-14-4-2-5-15(11-14)22-9-3-6-17(22)23/h2,4-5,7-8,10-11H,3,6,9,12H2,1H3,(H2,20,21,24). The highest BCUT2D eigenvalue weighted by atomic mass is 16.5. The lowest BCUT2D eigenvalue weighted by Crippen LogP contribution is -2.28. The largest absolute Gasteiger partial charge is 0.481 e. The summed E-state index contributed by atoms with van der Waals surface area (Å²) in [5.74, 6) is 0.621. The van der Waals surface area contributed by atoms with E-state index in [-0.39, 0.29) is 11.9 Å². The fourth-order valence-corrected chi connectivity index (χ4v) is 2.70.